The van der Waals surface area contributed by atoms with E-state index < -0.39 is 0 Å². The average Bonchev–Trinajstić information content (AvgIpc) is 3.37. The topological polar surface area (TPSA) is 70.2 Å². The number of pyridine rings is 1. The van der Waals surface area contributed by atoms with E-state index in [2.05, 4.69) is 39.2 Å². The van der Waals surface area contributed by atoms with Gasteiger partial charge < -0.3 is 9.97 Å². The summed E-state index contributed by atoms with van der Waals surface area (Å²) in [7, 11) is 0. The lowest BCUT2D eigenvalue weighted by Gasteiger charge is -2.09. The number of fused-ring (bicyclic) bond motifs is 3. The quantitative estimate of drug-likeness (QED) is 0.379. The molecule has 0 atom stereocenters. The van der Waals surface area contributed by atoms with Gasteiger partial charge in [-0.3, -0.25) is 0 Å². The van der Waals surface area contributed by atoms with Crippen molar-refractivity contribution < 1.29 is 0 Å². The van der Waals surface area contributed by atoms with Crippen LogP contribution in [0.25, 0.3) is 55.5 Å². The first-order chi connectivity index (χ1) is 14.3. The SMILES string of the molecule is Clc1cnc2nc(-c3c[nH]c4ccccc34)c(-c3c[nH]c4ccccc34)nc2c1. The van der Waals surface area contributed by atoms with Crippen molar-refractivity contribution in [2.75, 3.05) is 0 Å². The molecule has 6 heteroatoms. The van der Waals surface area contributed by atoms with Gasteiger partial charge in [0.2, 0.25) is 0 Å². The molecule has 0 aliphatic carbocycles. The summed E-state index contributed by atoms with van der Waals surface area (Å²) >= 11 is 6.17. The van der Waals surface area contributed by atoms with Gasteiger partial charge in [-0.2, -0.15) is 0 Å². The molecule has 29 heavy (non-hydrogen) atoms. The fourth-order valence-corrected chi connectivity index (χ4v) is 3.98. The van der Waals surface area contributed by atoms with E-state index in [-0.39, 0.29) is 0 Å². The number of nitrogens with one attached hydrogen (secondary N) is 2. The lowest BCUT2D eigenvalue weighted by molar-refractivity contribution is 1.23. The Labute approximate surface area is 170 Å². The summed E-state index contributed by atoms with van der Waals surface area (Å²) in [4.78, 5) is 20.9. The van der Waals surface area contributed by atoms with Crippen molar-refractivity contribution in [2.45, 2.75) is 0 Å². The van der Waals surface area contributed by atoms with Crippen LogP contribution in [-0.4, -0.2) is 24.9 Å². The number of nitrogens with zero attached hydrogens (tertiary/aromatic N) is 3. The molecule has 2 aromatic carbocycles. The van der Waals surface area contributed by atoms with Crippen LogP contribution in [0.3, 0.4) is 0 Å². The highest BCUT2D eigenvalue weighted by atomic mass is 35.5. The van der Waals surface area contributed by atoms with Crippen LogP contribution in [0.1, 0.15) is 0 Å². The van der Waals surface area contributed by atoms with E-state index in [1.165, 1.54) is 0 Å². The Balaban J connectivity index is 1.73. The molecule has 0 aliphatic heterocycles. The second kappa shape index (κ2) is 6.15. The lowest BCUT2D eigenvalue weighted by Crippen LogP contribution is -1.96. The zero-order chi connectivity index (χ0) is 19.4. The Morgan fingerprint density at radius 2 is 1.31 bits per heavy atom. The van der Waals surface area contributed by atoms with Crippen molar-refractivity contribution >= 4 is 44.6 Å². The molecule has 5 nitrogen and oxygen atoms in total. The molecular weight excluding hydrogens is 382 g/mol. The Morgan fingerprint density at radius 3 is 1.97 bits per heavy atom. The number of aromatic amines is 2. The maximum absolute atomic E-state index is 6.17. The van der Waals surface area contributed by atoms with Gasteiger partial charge in [0, 0.05) is 51.5 Å². The third-order valence-corrected chi connectivity index (χ3v) is 5.38. The minimum absolute atomic E-state index is 0.538. The van der Waals surface area contributed by atoms with E-state index in [1.54, 1.807) is 12.3 Å². The third kappa shape index (κ3) is 2.52. The Kier molecular flexibility index (Phi) is 3.45. The highest BCUT2D eigenvalue weighted by Gasteiger charge is 2.19. The summed E-state index contributed by atoms with van der Waals surface area (Å²) < 4.78 is 0. The molecule has 4 aromatic heterocycles. The minimum atomic E-state index is 0.538. The van der Waals surface area contributed by atoms with Crippen molar-refractivity contribution in [2.24, 2.45) is 0 Å². The van der Waals surface area contributed by atoms with Crippen LogP contribution < -0.4 is 0 Å². The summed E-state index contributed by atoms with van der Waals surface area (Å²) in [5.74, 6) is 0. The molecule has 6 aromatic rings. The van der Waals surface area contributed by atoms with Crippen LogP contribution in [-0.2, 0) is 0 Å². The number of rotatable bonds is 2. The summed E-state index contributed by atoms with van der Waals surface area (Å²) in [6.07, 6.45) is 5.56. The molecule has 0 unspecified atom stereocenters. The molecule has 6 rings (SSSR count). The van der Waals surface area contributed by atoms with Crippen molar-refractivity contribution in [1.82, 2.24) is 24.9 Å². The summed E-state index contributed by atoms with van der Waals surface area (Å²) in [5.41, 5.74) is 6.91. The molecule has 0 saturated carbocycles. The standard InChI is InChI=1S/C23H14ClN5/c24-13-9-20-23(27-10-13)29-22(17-12-26-19-8-4-2-6-15(17)19)21(28-20)16-11-25-18-7-3-1-5-14(16)18/h1-12,25-26H. The predicted molar refractivity (Wildman–Crippen MR) is 117 cm³/mol. The number of hydrogen-bond acceptors (Lipinski definition) is 3. The maximum atomic E-state index is 6.17. The maximum Gasteiger partial charge on any atom is 0.178 e. The molecule has 0 aliphatic rings. The van der Waals surface area contributed by atoms with E-state index >= 15 is 0 Å². The van der Waals surface area contributed by atoms with Gasteiger partial charge in [0.15, 0.2) is 5.65 Å². The van der Waals surface area contributed by atoms with Gasteiger partial charge in [0.25, 0.3) is 0 Å². The molecule has 0 spiro atoms. The van der Waals surface area contributed by atoms with Crippen molar-refractivity contribution in [3.05, 3.63) is 78.2 Å². The zero-order valence-corrected chi connectivity index (χ0v) is 15.9. The highest BCUT2D eigenvalue weighted by molar-refractivity contribution is 6.31. The molecule has 4 heterocycles. The number of para-hydroxylation sites is 2. The van der Waals surface area contributed by atoms with Gasteiger partial charge in [-0.1, -0.05) is 48.0 Å². The zero-order valence-electron chi connectivity index (χ0n) is 15.1. The first-order valence-electron chi connectivity index (χ1n) is 9.24. The molecule has 0 amide bonds. The van der Waals surface area contributed by atoms with Crippen molar-refractivity contribution in [3.63, 3.8) is 0 Å². The molecule has 0 bridgehead atoms. The largest absolute Gasteiger partial charge is 0.360 e. The Bertz CT molecular complexity index is 1530. The van der Waals surface area contributed by atoms with Gasteiger partial charge in [-0.15, -0.1) is 0 Å². The molecule has 0 fully saturated rings. The van der Waals surface area contributed by atoms with Crippen LogP contribution in [0.15, 0.2) is 73.2 Å². The van der Waals surface area contributed by atoms with Gasteiger partial charge in [0.1, 0.15) is 11.2 Å². The smallest absolute Gasteiger partial charge is 0.178 e. The van der Waals surface area contributed by atoms with Gasteiger partial charge in [-0.05, 0) is 18.2 Å². The Morgan fingerprint density at radius 1 is 0.724 bits per heavy atom. The Hall–Kier alpha value is -3.70. The first kappa shape index (κ1) is 16.3. The van der Waals surface area contributed by atoms with Crippen LogP contribution in [0.4, 0.5) is 0 Å². The number of H-pyrrole nitrogens is 2. The normalized spacial score (nSPS) is 11.6. The van der Waals surface area contributed by atoms with E-state index in [0.717, 1.165) is 44.3 Å². The fourth-order valence-electron chi connectivity index (χ4n) is 3.83. The van der Waals surface area contributed by atoms with E-state index in [0.29, 0.717) is 16.2 Å². The number of halogens is 1. The van der Waals surface area contributed by atoms with Crippen LogP contribution in [0, 0.1) is 0 Å². The monoisotopic (exact) mass is 395 g/mol. The van der Waals surface area contributed by atoms with Gasteiger partial charge in [0.05, 0.1) is 10.7 Å². The highest BCUT2D eigenvalue weighted by Crippen LogP contribution is 2.37. The summed E-state index contributed by atoms with van der Waals surface area (Å²) in [6.45, 7) is 0. The molecule has 138 valence electrons. The molecule has 0 radical (unpaired) electrons. The van der Waals surface area contributed by atoms with Gasteiger partial charge in [-0.25, -0.2) is 15.0 Å². The first-order valence-corrected chi connectivity index (χ1v) is 9.62. The summed E-state index contributed by atoms with van der Waals surface area (Å²) in [5, 5.41) is 2.73. The van der Waals surface area contributed by atoms with E-state index in [4.69, 9.17) is 21.6 Å². The number of benzene rings is 2. The molecule has 2 N–H and O–H groups in total. The number of hydrogen-bond donors (Lipinski definition) is 2. The van der Waals surface area contributed by atoms with Crippen LogP contribution in [0.2, 0.25) is 5.02 Å². The van der Waals surface area contributed by atoms with Crippen LogP contribution >= 0.6 is 11.6 Å². The molecular formula is C23H14ClN5. The number of aromatic nitrogens is 5. The fraction of sp³-hybridized carbons (Fsp3) is 0. The lowest BCUT2D eigenvalue weighted by atomic mass is 10.0. The third-order valence-electron chi connectivity index (χ3n) is 5.18. The van der Waals surface area contributed by atoms with E-state index in [1.807, 2.05) is 36.7 Å². The van der Waals surface area contributed by atoms with Gasteiger partial charge >= 0.3 is 0 Å². The van der Waals surface area contributed by atoms with Crippen molar-refractivity contribution in [1.29, 1.82) is 0 Å². The predicted octanol–water partition coefficient (Wildman–Crippen LogP) is 5.97. The second-order valence-corrected chi connectivity index (χ2v) is 7.35. The molecule has 0 saturated heterocycles. The second-order valence-electron chi connectivity index (χ2n) is 6.91. The summed E-state index contributed by atoms with van der Waals surface area (Å²) in [6, 6.07) is 18.2. The van der Waals surface area contributed by atoms with Crippen LogP contribution in [0.5, 0.6) is 0 Å². The van der Waals surface area contributed by atoms with Crippen molar-refractivity contribution in [3.8, 4) is 22.5 Å². The van der Waals surface area contributed by atoms with E-state index in [9.17, 15) is 0 Å². The average molecular weight is 396 g/mol. The minimum Gasteiger partial charge on any atom is -0.360 e.